The van der Waals surface area contributed by atoms with Crippen molar-refractivity contribution in [2.75, 3.05) is 0 Å². The van der Waals surface area contributed by atoms with Crippen LogP contribution in [0.2, 0.25) is 0 Å². The Morgan fingerprint density at radius 2 is 2.07 bits per heavy atom. The first-order valence-electron chi connectivity index (χ1n) is 9.39. The van der Waals surface area contributed by atoms with Gasteiger partial charge in [-0.15, -0.1) is 5.10 Å². The van der Waals surface area contributed by atoms with E-state index in [-0.39, 0.29) is 18.6 Å². The number of aryl methyl sites for hydroxylation is 1. The maximum Gasteiger partial charge on any atom is 0.321 e. The first-order valence-corrected chi connectivity index (χ1v) is 10.3. The van der Waals surface area contributed by atoms with E-state index >= 15 is 0 Å². The van der Waals surface area contributed by atoms with Crippen LogP contribution in [0.5, 0.6) is 5.75 Å². The number of amides is 3. The van der Waals surface area contributed by atoms with Gasteiger partial charge in [0, 0.05) is 6.04 Å². The molecule has 1 aliphatic rings. The number of rotatable bonds is 7. The van der Waals surface area contributed by atoms with Gasteiger partial charge in [-0.25, -0.2) is 9.78 Å². The standard InChI is InChI=1S/C19H25N5O3S/c1-12-7-3-6-10-15(12)27-11-16-21-19(24-23-16)28-13(2)17(25)22-18(26)20-14-8-4-5-9-14/h3,6-7,10,13-14H,4-5,8-9,11H2,1-2H3,(H,21,23,24)(H2,20,22,25,26)/t13-/m0/s1. The number of nitrogens with one attached hydrogen (secondary N) is 3. The molecule has 1 saturated carbocycles. The third-order valence-electron chi connectivity index (χ3n) is 4.55. The van der Waals surface area contributed by atoms with E-state index in [0.717, 1.165) is 37.0 Å². The molecule has 2 aromatic rings. The van der Waals surface area contributed by atoms with E-state index in [4.69, 9.17) is 4.74 Å². The maximum atomic E-state index is 12.2. The van der Waals surface area contributed by atoms with Crippen LogP contribution >= 0.6 is 11.8 Å². The van der Waals surface area contributed by atoms with Crippen molar-refractivity contribution in [2.24, 2.45) is 0 Å². The number of imide groups is 1. The van der Waals surface area contributed by atoms with Crippen LogP contribution in [0.1, 0.15) is 44.0 Å². The molecule has 1 atom stereocenters. The Balaban J connectivity index is 1.45. The number of para-hydroxylation sites is 1. The van der Waals surface area contributed by atoms with Crippen molar-refractivity contribution in [1.29, 1.82) is 0 Å². The Hall–Kier alpha value is -2.55. The number of hydrogen-bond acceptors (Lipinski definition) is 6. The van der Waals surface area contributed by atoms with Gasteiger partial charge >= 0.3 is 6.03 Å². The van der Waals surface area contributed by atoms with Crippen LogP contribution in [-0.2, 0) is 11.4 Å². The summed E-state index contributed by atoms with van der Waals surface area (Å²) in [5, 5.41) is 12.1. The number of thioether (sulfide) groups is 1. The number of H-pyrrole nitrogens is 1. The first kappa shape index (κ1) is 20.2. The van der Waals surface area contributed by atoms with Crippen LogP contribution in [0.15, 0.2) is 29.4 Å². The van der Waals surface area contributed by atoms with Crippen LogP contribution in [-0.4, -0.2) is 38.4 Å². The number of aromatic nitrogens is 3. The van der Waals surface area contributed by atoms with Crippen molar-refractivity contribution in [3.05, 3.63) is 35.7 Å². The molecule has 150 valence electrons. The summed E-state index contributed by atoms with van der Waals surface area (Å²) in [6.45, 7) is 3.94. The molecule has 28 heavy (non-hydrogen) atoms. The number of carbonyl (C=O) groups excluding carboxylic acids is 2. The quantitative estimate of drug-likeness (QED) is 0.613. The Morgan fingerprint density at radius 3 is 2.82 bits per heavy atom. The van der Waals surface area contributed by atoms with E-state index in [1.807, 2.05) is 31.2 Å². The van der Waals surface area contributed by atoms with Crippen LogP contribution in [0.3, 0.4) is 0 Å². The van der Waals surface area contributed by atoms with Gasteiger partial charge in [-0.3, -0.25) is 15.2 Å². The minimum Gasteiger partial charge on any atom is -0.485 e. The van der Waals surface area contributed by atoms with Crippen LogP contribution in [0, 0.1) is 6.92 Å². The summed E-state index contributed by atoms with van der Waals surface area (Å²) in [5.41, 5.74) is 1.04. The van der Waals surface area contributed by atoms with E-state index in [1.54, 1.807) is 6.92 Å². The molecule has 0 bridgehead atoms. The molecule has 0 unspecified atom stereocenters. The lowest BCUT2D eigenvalue weighted by molar-refractivity contribution is -0.119. The van der Waals surface area contributed by atoms with Crippen molar-refractivity contribution in [1.82, 2.24) is 25.8 Å². The number of ether oxygens (including phenoxy) is 1. The molecule has 1 fully saturated rings. The van der Waals surface area contributed by atoms with Gasteiger partial charge in [0.05, 0.1) is 5.25 Å². The van der Waals surface area contributed by atoms with Crippen LogP contribution < -0.4 is 15.4 Å². The van der Waals surface area contributed by atoms with E-state index in [2.05, 4.69) is 25.8 Å². The Kier molecular flexibility index (Phi) is 6.91. The Morgan fingerprint density at radius 1 is 1.32 bits per heavy atom. The van der Waals surface area contributed by atoms with Gasteiger partial charge in [-0.05, 0) is 38.3 Å². The highest BCUT2D eigenvalue weighted by molar-refractivity contribution is 8.00. The number of carbonyl (C=O) groups is 2. The molecule has 1 heterocycles. The zero-order chi connectivity index (χ0) is 19.9. The summed E-state index contributed by atoms with van der Waals surface area (Å²) < 4.78 is 5.73. The van der Waals surface area contributed by atoms with E-state index in [0.29, 0.717) is 11.0 Å². The lowest BCUT2D eigenvalue weighted by Crippen LogP contribution is -2.45. The highest BCUT2D eigenvalue weighted by atomic mass is 32.2. The molecule has 8 nitrogen and oxygen atoms in total. The molecule has 3 amide bonds. The van der Waals surface area contributed by atoms with Gasteiger partial charge in [0.25, 0.3) is 0 Å². The summed E-state index contributed by atoms with van der Waals surface area (Å²) in [5.74, 6) is 0.981. The normalized spacial score (nSPS) is 15.2. The highest BCUT2D eigenvalue weighted by Crippen LogP contribution is 2.21. The first-order chi connectivity index (χ1) is 13.5. The van der Waals surface area contributed by atoms with Gasteiger partial charge in [0.1, 0.15) is 12.4 Å². The molecule has 9 heteroatoms. The second-order valence-corrected chi connectivity index (χ2v) is 8.13. The molecule has 0 aliphatic heterocycles. The second-order valence-electron chi connectivity index (χ2n) is 6.82. The lowest BCUT2D eigenvalue weighted by Gasteiger charge is -2.14. The van der Waals surface area contributed by atoms with Gasteiger partial charge in [-0.2, -0.15) is 0 Å². The van der Waals surface area contributed by atoms with Crippen molar-refractivity contribution in [3.8, 4) is 5.75 Å². The smallest absolute Gasteiger partial charge is 0.321 e. The lowest BCUT2D eigenvalue weighted by atomic mass is 10.2. The van der Waals surface area contributed by atoms with Gasteiger partial charge in [-0.1, -0.05) is 42.8 Å². The summed E-state index contributed by atoms with van der Waals surface area (Å²) in [4.78, 5) is 28.4. The van der Waals surface area contributed by atoms with Crippen molar-refractivity contribution < 1.29 is 14.3 Å². The SMILES string of the molecule is Cc1ccccc1OCc1nc(S[C@@H](C)C(=O)NC(=O)NC2CCCC2)n[nH]1. The van der Waals surface area contributed by atoms with Crippen LogP contribution in [0.25, 0.3) is 0 Å². The molecule has 3 N–H and O–H groups in total. The molecule has 0 saturated heterocycles. The monoisotopic (exact) mass is 403 g/mol. The second kappa shape index (κ2) is 9.59. The molecule has 0 radical (unpaired) electrons. The number of urea groups is 1. The molecule has 3 rings (SSSR count). The van der Waals surface area contributed by atoms with E-state index < -0.39 is 11.3 Å². The average molecular weight is 404 g/mol. The molecule has 1 aliphatic carbocycles. The summed E-state index contributed by atoms with van der Waals surface area (Å²) in [7, 11) is 0. The topological polar surface area (TPSA) is 109 Å². The third kappa shape index (κ3) is 5.72. The minimum absolute atomic E-state index is 0.166. The Bertz CT molecular complexity index is 819. The highest BCUT2D eigenvalue weighted by Gasteiger charge is 2.22. The summed E-state index contributed by atoms with van der Waals surface area (Å²) in [6, 6.07) is 7.45. The van der Waals surface area contributed by atoms with Gasteiger partial charge in [0.15, 0.2) is 5.82 Å². The largest absolute Gasteiger partial charge is 0.485 e. The van der Waals surface area contributed by atoms with Crippen LogP contribution in [0.4, 0.5) is 4.79 Å². The molecule has 1 aromatic heterocycles. The zero-order valence-electron chi connectivity index (χ0n) is 16.0. The average Bonchev–Trinajstić information content (AvgIpc) is 3.33. The Labute approximate surface area is 168 Å². The fraction of sp³-hybridized carbons (Fsp3) is 0.474. The summed E-state index contributed by atoms with van der Waals surface area (Å²) >= 11 is 1.18. The zero-order valence-corrected chi connectivity index (χ0v) is 16.8. The predicted octanol–water partition coefficient (Wildman–Crippen LogP) is 2.94. The third-order valence-corrected chi connectivity index (χ3v) is 5.51. The van der Waals surface area contributed by atoms with E-state index in [9.17, 15) is 9.59 Å². The van der Waals surface area contributed by atoms with Crippen molar-refractivity contribution in [2.45, 2.75) is 62.6 Å². The van der Waals surface area contributed by atoms with E-state index in [1.165, 1.54) is 11.8 Å². The molecule has 1 aromatic carbocycles. The van der Waals surface area contributed by atoms with Gasteiger partial charge < -0.3 is 10.1 Å². The van der Waals surface area contributed by atoms with Gasteiger partial charge in [0.2, 0.25) is 11.1 Å². The fourth-order valence-corrected chi connectivity index (χ4v) is 3.72. The van der Waals surface area contributed by atoms with Crippen molar-refractivity contribution >= 4 is 23.7 Å². The number of benzene rings is 1. The minimum atomic E-state index is -0.504. The predicted molar refractivity (Wildman–Crippen MR) is 106 cm³/mol. The molecule has 0 spiro atoms. The molecular formula is C19H25N5O3S. The number of aromatic amines is 1. The fourth-order valence-electron chi connectivity index (χ4n) is 2.98. The maximum absolute atomic E-state index is 12.2. The molecular weight excluding hydrogens is 378 g/mol. The number of nitrogens with zero attached hydrogens (tertiary/aromatic N) is 2. The van der Waals surface area contributed by atoms with Crippen molar-refractivity contribution in [3.63, 3.8) is 0 Å². The summed E-state index contributed by atoms with van der Waals surface area (Å²) in [6.07, 6.45) is 4.17. The number of hydrogen-bond donors (Lipinski definition) is 3.